The quantitative estimate of drug-likeness (QED) is 0.542. The summed E-state index contributed by atoms with van der Waals surface area (Å²) in [6.07, 6.45) is 0. The van der Waals surface area contributed by atoms with Crippen molar-refractivity contribution in [2.24, 2.45) is 7.05 Å². The fourth-order valence-electron chi connectivity index (χ4n) is 3.17. The first-order valence-corrected chi connectivity index (χ1v) is 9.26. The van der Waals surface area contributed by atoms with Gasteiger partial charge in [-0.2, -0.15) is 0 Å². The molecule has 0 fully saturated rings. The largest absolute Gasteiger partial charge is 0.344 e. The Morgan fingerprint density at radius 2 is 1.38 bits per heavy atom. The molecule has 120 valence electrons. The standard InChI is InChI=1S/C20H17NO2S/c1-14-7-9-15(10-8-14)24(22,23)16-11-12-20-18(13-16)17-5-3-4-6-19(17)21(20)2/h3-13H,1-2H3. The van der Waals surface area contributed by atoms with Crippen LogP contribution in [0.3, 0.4) is 0 Å². The van der Waals surface area contributed by atoms with Crippen LogP contribution in [0.4, 0.5) is 0 Å². The van der Waals surface area contributed by atoms with Crippen LogP contribution in [0, 0.1) is 6.92 Å². The molecule has 0 saturated carbocycles. The molecule has 3 aromatic carbocycles. The summed E-state index contributed by atoms with van der Waals surface area (Å²) in [5, 5.41) is 2.03. The van der Waals surface area contributed by atoms with E-state index in [4.69, 9.17) is 0 Å². The number of benzene rings is 3. The molecule has 0 spiro atoms. The third kappa shape index (κ3) is 2.14. The number of hydrogen-bond donors (Lipinski definition) is 0. The Labute approximate surface area is 141 Å². The second-order valence-corrected chi connectivity index (χ2v) is 8.02. The molecule has 0 N–H and O–H groups in total. The van der Waals surface area contributed by atoms with Gasteiger partial charge in [0.2, 0.25) is 9.84 Å². The molecule has 0 saturated heterocycles. The molecule has 0 aliphatic heterocycles. The Bertz CT molecular complexity index is 1170. The summed E-state index contributed by atoms with van der Waals surface area (Å²) in [4.78, 5) is 0.655. The zero-order valence-corrected chi connectivity index (χ0v) is 14.3. The lowest BCUT2D eigenvalue weighted by Gasteiger charge is -2.06. The van der Waals surface area contributed by atoms with E-state index in [0.717, 1.165) is 27.4 Å². The van der Waals surface area contributed by atoms with Gasteiger partial charge in [0, 0.05) is 28.9 Å². The number of fused-ring (bicyclic) bond motifs is 3. The monoisotopic (exact) mass is 335 g/mol. The zero-order chi connectivity index (χ0) is 16.9. The summed E-state index contributed by atoms with van der Waals surface area (Å²) in [6, 6.07) is 20.4. The highest BCUT2D eigenvalue weighted by Gasteiger charge is 2.19. The Morgan fingerprint density at radius 3 is 2.12 bits per heavy atom. The molecular formula is C20H17NO2S. The first kappa shape index (κ1) is 15.0. The van der Waals surface area contributed by atoms with Crippen LogP contribution in [0.2, 0.25) is 0 Å². The number of rotatable bonds is 2. The van der Waals surface area contributed by atoms with E-state index in [1.807, 2.05) is 56.4 Å². The molecule has 24 heavy (non-hydrogen) atoms. The Kier molecular flexibility index (Phi) is 3.25. The highest BCUT2D eigenvalue weighted by atomic mass is 32.2. The van der Waals surface area contributed by atoms with Crippen molar-refractivity contribution in [1.82, 2.24) is 4.57 Å². The van der Waals surface area contributed by atoms with Crippen molar-refractivity contribution in [2.75, 3.05) is 0 Å². The summed E-state index contributed by atoms with van der Waals surface area (Å²) in [6.45, 7) is 1.94. The van der Waals surface area contributed by atoms with Crippen LogP contribution < -0.4 is 0 Å². The van der Waals surface area contributed by atoms with E-state index in [-0.39, 0.29) is 0 Å². The maximum Gasteiger partial charge on any atom is 0.206 e. The van der Waals surface area contributed by atoms with Crippen molar-refractivity contribution >= 4 is 31.6 Å². The first-order valence-electron chi connectivity index (χ1n) is 7.77. The maximum absolute atomic E-state index is 12.9. The van der Waals surface area contributed by atoms with Gasteiger partial charge >= 0.3 is 0 Å². The molecule has 0 bridgehead atoms. The molecule has 0 aliphatic rings. The zero-order valence-electron chi connectivity index (χ0n) is 13.5. The van der Waals surface area contributed by atoms with E-state index in [2.05, 4.69) is 4.57 Å². The maximum atomic E-state index is 12.9. The lowest BCUT2D eigenvalue weighted by Crippen LogP contribution is -2.02. The van der Waals surface area contributed by atoms with Gasteiger partial charge < -0.3 is 4.57 Å². The number of sulfone groups is 1. The number of hydrogen-bond acceptors (Lipinski definition) is 2. The summed E-state index contributed by atoms with van der Waals surface area (Å²) >= 11 is 0. The van der Waals surface area contributed by atoms with Gasteiger partial charge in [-0.25, -0.2) is 8.42 Å². The van der Waals surface area contributed by atoms with Crippen LogP contribution in [0.15, 0.2) is 76.5 Å². The Balaban J connectivity index is 1.98. The minimum Gasteiger partial charge on any atom is -0.344 e. The average molecular weight is 335 g/mol. The second kappa shape index (κ2) is 5.21. The lowest BCUT2D eigenvalue weighted by atomic mass is 10.1. The molecule has 4 rings (SSSR count). The SMILES string of the molecule is Cc1ccc(S(=O)(=O)c2ccc3c(c2)c2ccccc2n3C)cc1. The Morgan fingerprint density at radius 1 is 0.750 bits per heavy atom. The summed E-state index contributed by atoms with van der Waals surface area (Å²) < 4.78 is 27.9. The third-order valence-corrected chi connectivity index (χ3v) is 6.29. The van der Waals surface area contributed by atoms with Crippen molar-refractivity contribution in [2.45, 2.75) is 16.7 Å². The molecule has 4 aromatic rings. The molecule has 0 atom stereocenters. The molecule has 0 unspecified atom stereocenters. The summed E-state index contributed by atoms with van der Waals surface area (Å²) in [5.41, 5.74) is 3.16. The summed E-state index contributed by atoms with van der Waals surface area (Å²) in [7, 11) is -1.52. The fourth-order valence-corrected chi connectivity index (χ4v) is 4.45. The van der Waals surface area contributed by atoms with E-state index in [1.54, 1.807) is 24.3 Å². The first-order chi connectivity index (χ1) is 11.5. The van der Waals surface area contributed by atoms with Crippen LogP contribution >= 0.6 is 0 Å². The van der Waals surface area contributed by atoms with Gasteiger partial charge in [-0.05, 0) is 43.3 Å². The molecule has 1 aromatic heterocycles. The van der Waals surface area contributed by atoms with Gasteiger partial charge in [0.25, 0.3) is 0 Å². The summed E-state index contributed by atoms with van der Waals surface area (Å²) in [5.74, 6) is 0. The van der Waals surface area contributed by atoms with E-state index in [1.165, 1.54) is 0 Å². The predicted molar refractivity (Wildman–Crippen MR) is 97.1 cm³/mol. The van der Waals surface area contributed by atoms with Gasteiger partial charge in [-0.15, -0.1) is 0 Å². The third-order valence-electron chi connectivity index (χ3n) is 4.53. The molecule has 0 aliphatic carbocycles. The number of para-hydroxylation sites is 1. The van der Waals surface area contributed by atoms with Crippen molar-refractivity contribution in [1.29, 1.82) is 0 Å². The molecular weight excluding hydrogens is 318 g/mol. The molecule has 1 heterocycles. The van der Waals surface area contributed by atoms with Crippen LogP contribution in [-0.2, 0) is 16.9 Å². The van der Waals surface area contributed by atoms with E-state index >= 15 is 0 Å². The topological polar surface area (TPSA) is 39.1 Å². The normalized spacial score (nSPS) is 12.1. The van der Waals surface area contributed by atoms with Crippen molar-refractivity contribution in [3.8, 4) is 0 Å². The van der Waals surface area contributed by atoms with Crippen molar-refractivity contribution in [3.05, 3.63) is 72.3 Å². The van der Waals surface area contributed by atoms with Gasteiger partial charge in [0.15, 0.2) is 0 Å². The minimum atomic E-state index is -3.52. The molecule has 4 heteroatoms. The van der Waals surface area contributed by atoms with Gasteiger partial charge in [-0.1, -0.05) is 35.9 Å². The van der Waals surface area contributed by atoms with Gasteiger partial charge in [-0.3, -0.25) is 0 Å². The van der Waals surface area contributed by atoms with E-state index in [9.17, 15) is 8.42 Å². The highest BCUT2D eigenvalue weighted by molar-refractivity contribution is 7.91. The van der Waals surface area contributed by atoms with Crippen LogP contribution in [0.25, 0.3) is 21.8 Å². The minimum absolute atomic E-state index is 0.327. The lowest BCUT2D eigenvalue weighted by molar-refractivity contribution is 0.596. The molecule has 3 nitrogen and oxygen atoms in total. The van der Waals surface area contributed by atoms with Gasteiger partial charge in [0.05, 0.1) is 9.79 Å². The van der Waals surface area contributed by atoms with Crippen LogP contribution in [0.5, 0.6) is 0 Å². The van der Waals surface area contributed by atoms with Crippen molar-refractivity contribution < 1.29 is 8.42 Å². The fraction of sp³-hybridized carbons (Fsp3) is 0.100. The van der Waals surface area contributed by atoms with E-state index < -0.39 is 9.84 Å². The van der Waals surface area contributed by atoms with Gasteiger partial charge in [0.1, 0.15) is 0 Å². The van der Waals surface area contributed by atoms with E-state index in [0.29, 0.717) is 9.79 Å². The number of nitrogens with zero attached hydrogens (tertiary/aromatic N) is 1. The second-order valence-electron chi connectivity index (χ2n) is 6.07. The molecule has 0 amide bonds. The average Bonchev–Trinajstić information content (AvgIpc) is 2.88. The number of aryl methyl sites for hydroxylation is 2. The Hall–Kier alpha value is -2.59. The smallest absolute Gasteiger partial charge is 0.206 e. The molecule has 0 radical (unpaired) electrons. The van der Waals surface area contributed by atoms with Crippen LogP contribution in [-0.4, -0.2) is 13.0 Å². The highest BCUT2D eigenvalue weighted by Crippen LogP contribution is 2.31. The van der Waals surface area contributed by atoms with Crippen molar-refractivity contribution in [3.63, 3.8) is 0 Å². The van der Waals surface area contributed by atoms with Crippen LogP contribution in [0.1, 0.15) is 5.56 Å². The number of aromatic nitrogens is 1. The predicted octanol–water partition coefficient (Wildman–Crippen LogP) is 4.47.